The van der Waals surface area contributed by atoms with Crippen molar-refractivity contribution in [2.45, 2.75) is 13.0 Å². The first kappa shape index (κ1) is 13.6. The fraction of sp³-hybridized carbons (Fsp3) is 0.133. The van der Waals surface area contributed by atoms with Crippen molar-refractivity contribution >= 4 is 28.9 Å². The zero-order valence-electron chi connectivity index (χ0n) is 11.0. The Morgan fingerprint density at radius 3 is 2.76 bits per heavy atom. The molecule has 0 spiro atoms. The maximum absolute atomic E-state index is 12.1. The third kappa shape index (κ3) is 2.48. The molecule has 0 aliphatic carbocycles. The van der Waals surface area contributed by atoms with Gasteiger partial charge in [-0.3, -0.25) is 14.9 Å². The van der Waals surface area contributed by atoms with Crippen LogP contribution in [0.25, 0.3) is 0 Å². The number of hydrogen-bond acceptors (Lipinski definition) is 3. The number of rotatable bonds is 3. The van der Waals surface area contributed by atoms with Crippen LogP contribution in [0.15, 0.2) is 42.5 Å². The van der Waals surface area contributed by atoms with Gasteiger partial charge in [0, 0.05) is 11.8 Å². The number of nitrogens with zero attached hydrogens (tertiary/aromatic N) is 2. The van der Waals surface area contributed by atoms with Crippen LogP contribution in [0, 0.1) is 10.1 Å². The van der Waals surface area contributed by atoms with Gasteiger partial charge in [0.05, 0.1) is 17.9 Å². The number of anilines is 1. The van der Waals surface area contributed by atoms with E-state index in [1.54, 1.807) is 11.0 Å². The molecule has 0 saturated carbocycles. The number of para-hydroxylation sites is 1. The number of carbonyl (C=O) groups is 1. The minimum Gasteiger partial charge on any atom is -0.307 e. The first-order chi connectivity index (χ1) is 10.1. The van der Waals surface area contributed by atoms with Crippen LogP contribution in [-0.4, -0.2) is 10.8 Å². The van der Waals surface area contributed by atoms with E-state index < -0.39 is 4.92 Å². The molecule has 2 aromatic carbocycles. The van der Waals surface area contributed by atoms with E-state index >= 15 is 0 Å². The summed E-state index contributed by atoms with van der Waals surface area (Å²) in [5.74, 6) is -0.00574. The first-order valence-electron chi connectivity index (χ1n) is 6.37. The Bertz CT molecular complexity index is 745. The van der Waals surface area contributed by atoms with Gasteiger partial charge in [0.1, 0.15) is 5.02 Å². The highest BCUT2D eigenvalue weighted by Gasteiger charge is 2.27. The quantitative estimate of drug-likeness (QED) is 0.645. The van der Waals surface area contributed by atoms with Crippen molar-refractivity contribution in [3.63, 3.8) is 0 Å². The van der Waals surface area contributed by atoms with Crippen molar-refractivity contribution in [2.75, 3.05) is 4.90 Å². The van der Waals surface area contributed by atoms with E-state index in [1.165, 1.54) is 12.1 Å². The van der Waals surface area contributed by atoms with E-state index in [1.807, 2.05) is 24.3 Å². The molecule has 1 aliphatic rings. The van der Waals surface area contributed by atoms with E-state index in [-0.39, 0.29) is 16.6 Å². The summed E-state index contributed by atoms with van der Waals surface area (Å²) < 4.78 is 0. The van der Waals surface area contributed by atoms with E-state index in [4.69, 9.17) is 11.6 Å². The van der Waals surface area contributed by atoms with Gasteiger partial charge in [0.2, 0.25) is 5.91 Å². The van der Waals surface area contributed by atoms with Crippen molar-refractivity contribution in [1.82, 2.24) is 0 Å². The molecule has 1 heterocycles. The lowest BCUT2D eigenvalue weighted by molar-refractivity contribution is -0.384. The minimum absolute atomic E-state index is 0.00574. The second kappa shape index (κ2) is 5.18. The van der Waals surface area contributed by atoms with Gasteiger partial charge in [0.15, 0.2) is 0 Å². The molecule has 0 fully saturated rings. The van der Waals surface area contributed by atoms with Crippen molar-refractivity contribution in [2.24, 2.45) is 0 Å². The largest absolute Gasteiger partial charge is 0.307 e. The van der Waals surface area contributed by atoms with Crippen LogP contribution in [-0.2, 0) is 17.8 Å². The summed E-state index contributed by atoms with van der Waals surface area (Å²) in [7, 11) is 0. The lowest BCUT2D eigenvalue weighted by Crippen LogP contribution is -2.26. The number of nitro groups is 1. The third-order valence-corrected chi connectivity index (χ3v) is 3.79. The van der Waals surface area contributed by atoms with E-state index in [0.29, 0.717) is 18.5 Å². The number of nitro benzene ring substituents is 1. The van der Waals surface area contributed by atoms with Gasteiger partial charge in [0.25, 0.3) is 5.69 Å². The highest BCUT2D eigenvalue weighted by Crippen LogP contribution is 2.31. The molecule has 106 valence electrons. The first-order valence-corrected chi connectivity index (χ1v) is 6.75. The number of hydrogen-bond donors (Lipinski definition) is 0. The normalized spacial score (nSPS) is 13.4. The maximum Gasteiger partial charge on any atom is 0.288 e. The molecule has 0 atom stereocenters. The molecule has 1 amide bonds. The SMILES string of the molecule is O=C1Cc2ccccc2N1Cc1ccc(Cl)c([N+](=O)[O-])c1. The fourth-order valence-electron chi connectivity index (χ4n) is 2.47. The van der Waals surface area contributed by atoms with Gasteiger partial charge in [-0.05, 0) is 23.3 Å². The van der Waals surface area contributed by atoms with Gasteiger partial charge in [-0.1, -0.05) is 35.9 Å². The molecular formula is C15H11ClN2O3. The second-order valence-corrected chi connectivity index (χ2v) is 5.24. The molecule has 5 nitrogen and oxygen atoms in total. The van der Waals surface area contributed by atoms with Crippen molar-refractivity contribution in [3.05, 3.63) is 68.7 Å². The van der Waals surface area contributed by atoms with Crippen LogP contribution in [0.1, 0.15) is 11.1 Å². The summed E-state index contributed by atoms with van der Waals surface area (Å²) in [6.45, 7) is 0.299. The monoisotopic (exact) mass is 302 g/mol. The third-order valence-electron chi connectivity index (χ3n) is 3.47. The summed E-state index contributed by atoms with van der Waals surface area (Å²) in [5, 5.41) is 11.0. The molecule has 0 radical (unpaired) electrons. The Kier molecular flexibility index (Phi) is 3.35. The topological polar surface area (TPSA) is 63.5 Å². The van der Waals surface area contributed by atoms with E-state index in [2.05, 4.69) is 0 Å². The molecule has 21 heavy (non-hydrogen) atoms. The summed E-state index contributed by atoms with van der Waals surface area (Å²) >= 11 is 5.80. The average molecular weight is 303 g/mol. The molecular weight excluding hydrogens is 292 g/mol. The number of fused-ring (bicyclic) bond motifs is 1. The van der Waals surface area contributed by atoms with Gasteiger partial charge in [-0.25, -0.2) is 0 Å². The number of benzene rings is 2. The Morgan fingerprint density at radius 2 is 2.00 bits per heavy atom. The lowest BCUT2D eigenvalue weighted by atomic mass is 10.1. The molecule has 0 saturated heterocycles. The Hall–Kier alpha value is -2.40. The predicted molar refractivity (Wildman–Crippen MR) is 79.4 cm³/mol. The second-order valence-electron chi connectivity index (χ2n) is 4.83. The van der Waals surface area contributed by atoms with Gasteiger partial charge in [-0.15, -0.1) is 0 Å². The Balaban J connectivity index is 1.92. The van der Waals surface area contributed by atoms with Crippen LogP contribution < -0.4 is 4.90 Å². The zero-order valence-corrected chi connectivity index (χ0v) is 11.7. The summed E-state index contributed by atoms with van der Waals surface area (Å²) in [5.41, 5.74) is 2.37. The van der Waals surface area contributed by atoms with Gasteiger partial charge >= 0.3 is 0 Å². The zero-order chi connectivity index (χ0) is 15.0. The van der Waals surface area contributed by atoms with Crippen LogP contribution in [0.3, 0.4) is 0 Å². The van der Waals surface area contributed by atoms with Crippen LogP contribution in [0.4, 0.5) is 11.4 Å². The van der Waals surface area contributed by atoms with Gasteiger partial charge in [-0.2, -0.15) is 0 Å². The molecule has 0 bridgehead atoms. The van der Waals surface area contributed by atoms with E-state index in [0.717, 1.165) is 11.3 Å². The number of carbonyl (C=O) groups excluding carboxylic acids is 1. The average Bonchev–Trinajstić information content (AvgIpc) is 2.77. The minimum atomic E-state index is -0.522. The summed E-state index contributed by atoms with van der Waals surface area (Å²) in [6.07, 6.45) is 0.367. The number of halogens is 1. The number of amides is 1. The lowest BCUT2D eigenvalue weighted by Gasteiger charge is -2.17. The molecule has 3 rings (SSSR count). The highest BCUT2D eigenvalue weighted by atomic mass is 35.5. The highest BCUT2D eigenvalue weighted by molar-refractivity contribution is 6.32. The van der Waals surface area contributed by atoms with Crippen molar-refractivity contribution in [1.29, 1.82) is 0 Å². The van der Waals surface area contributed by atoms with Crippen LogP contribution in [0.5, 0.6) is 0 Å². The molecule has 1 aliphatic heterocycles. The molecule has 2 aromatic rings. The van der Waals surface area contributed by atoms with Crippen molar-refractivity contribution in [3.8, 4) is 0 Å². The standard InChI is InChI=1S/C15H11ClN2O3/c16-12-6-5-10(7-14(12)18(20)21)9-17-13-4-2-1-3-11(13)8-15(17)19/h1-7H,8-9H2. The van der Waals surface area contributed by atoms with Crippen LogP contribution in [0.2, 0.25) is 5.02 Å². The fourth-order valence-corrected chi connectivity index (χ4v) is 2.66. The Morgan fingerprint density at radius 1 is 1.24 bits per heavy atom. The van der Waals surface area contributed by atoms with E-state index in [9.17, 15) is 14.9 Å². The maximum atomic E-state index is 12.1. The molecule has 0 N–H and O–H groups in total. The Labute approximate surface area is 125 Å². The predicted octanol–water partition coefficient (Wildman–Crippen LogP) is 3.34. The van der Waals surface area contributed by atoms with Gasteiger partial charge < -0.3 is 4.90 Å². The van der Waals surface area contributed by atoms with Crippen LogP contribution >= 0.6 is 11.6 Å². The summed E-state index contributed by atoms with van der Waals surface area (Å²) in [6, 6.07) is 12.2. The van der Waals surface area contributed by atoms with Crippen molar-refractivity contribution < 1.29 is 9.72 Å². The summed E-state index contributed by atoms with van der Waals surface area (Å²) in [4.78, 5) is 24.1. The molecule has 0 unspecified atom stereocenters. The smallest absolute Gasteiger partial charge is 0.288 e. The molecule has 6 heteroatoms. The molecule has 0 aromatic heterocycles.